The molecule has 1 aliphatic heterocycles. The molecule has 0 spiro atoms. The van der Waals surface area contributed by atoms with Crippen LogP contribution in [0, 0.1) is 34.5 Å². The van der Waals surface area contributed by atoms with Gasteiger partial charge in [-0.15, -0.1) is 0 Å². The molecule has 4 bridgehead atoms. The van der Waals surface area contributed by atoms with Gasteiger partial charge in [-0.25, -0.2) is 0 Å². The maximum absolute atomic E-state index is 13.3. The maximum Gasteiger partial charge on any atom is 0.312 e. The minimum absolute atomic E-state index is 0.0431. The first-order valence-corrected chi connectivity index (χ1v) is 12.5. The Labute approximate surface area is 192 Å². The molecule has 5 fully saturated rings. The molecule has 1 heterocycles. The van der Waals surface area contributed by atoms with E-state index in [4.69, 9.17) is 14.2 Å². The molecule has 5 aliphatic rings. The minimum Gasteiger partial charge on any atom is -0.465 e. The molecule has 4 aliphatic carbocycles. The van der Waals surface area contributed by atoms with Crippen molar-refractivity contribution in [1.82, 2.24) is 0 Å². The maximum atomic E-state index is 13.3. The molecule has 6 heteroatoms. The van der Waals surface area contributed by atoms with Gasteiger partial charge in [0.1, 0.15) is 11.7 Å². The van der Waals surface area contributed by atoms with Crippen LogP contribution in [0.5, 0.6) is 0 Å². The Morgan fingerprint density at radius 2 is 1.62 bits per heavy atom. The van der Waals surface area contributed by atoms with Crippen LogP contribution < -0.4 is 0 Å². The molecule has 0 aromatic rings. The summed E-state index contributed by atoms with van der Waals surface area (Å²) in [5.41, 5.74) is -2.49. The zero-order valence-corrected chi connectivity index (χ0v) is 20.4. The van der Waals surface area contributed by atoms with Gasteiger partial charge in [0.25, 0.3) is 0 Å². The Kier molecular flexibility index (Phi) is 6.13. The second kappa shape index (κ2) is 8.32. The van der Waals surface area contributed by atoms with Gasteiger partial charge in [0, 0.05) is 6.42 Å². The van der Waals surface area contributed by atoms with Crippen molar-refractivity contribution in [2.45, 2.75) is 104 Å². The lowest BCUT2D eigenvalue weighted by Gasteiger charge is -2.53. The van der Waals surface area contributed by atoms with Crippen LogP contribution in [0.1, 0.15) is 92.4 Å². The molecule has 0 N–H and O–H groups in total. The van der Waals surface area contributed by atoms with E-state index in [9.17, 15) is 14.4 Å². The fraction of sp³-hybridized carbons (Fsp3) is 0.885. The highest BCUT2D eigenvalue weighted by Crippen LogP contribution is 2.55. The Morgan fingerprint density at radius 1 is 1.03 bits per heavy atom. The third-order valence-electron chi connectivity index (χ3n) is 8.79. The summed E-state index contributed by atoms with van der Waals surface area (Å²) in [7, 11) is 0. The Hall–Kier alpha value is -1.59. The first kappa shape index (κ1) is 23.6. The highest BCUT2D eigenvalue weighted by Gasteiger charge is 2.52. The first-order valence-electron chi connectivity index (χ1n) is 12.5. The van der Waals surface area contributed by atoms with E-state index in [2.05, 4.69) is 0 Å². The van der Waals surface area contributed by atoms with Crippen molar-refractivity contribution in [3.63, 3.8) is 0 Å². The monoisotopic (exact) mass is 448 g/mol. The van der Waals surface area contributed by atoms with Gasteiger partial charge in [0.05, 0.1) is 23.9 Å². The summed E-state index contributed by atoms with van der Waals surface area (Å²) in [4.78, 5) is 38.3. The van der Waals surface area contributed by atoms with Gasteiger partial charge in [-0.1, -0.05) is 6.92 Å². The third-order valence-corrected chi connectivity index (χ3v) is 8.79. The van der Waals surface area contributed by atoms with E-state index in [1.165, 1.54) is 32.1 Å². The zero-order chi connectivity index (χ0) is 23.3. The summed E-state index contributed by atoms with van der Waals surface area (Å²) >= 11 is 0. The van der Waals surface area contributed by atoms with Crippen molar-refractivity contribution in [2.24, 2.45) is 34.5 Å². The van der Waals surface area contributed by atoms with E-state index >= 15 is 0 Å². The molecule has 6 nitrogen and oxygen atoms in total. The van der Waals surface area contributed by atoms with Crippen LogP contribution in [0.4, 0.5) is 0 Å². The Morgan fingerprint density at radius 3 is 2.16 bits per heavy atom. The smallest absolute Gasteiger partial charge is 0.312 e. The lowest BCUT2D eigenvalue weighted by molar-refractivity contribution is -0.188. The summed E-state index contributed by atoms with van der Waals surface area (Å²) in [6, 6.07) is 0. The van der Waals surface area contributed by atoms with Gasteiger partial charge in [-0.3, -0.25) is 14.4 Å². The summed E-state index contributed by atoms with van der Waals surface area (Å²) in [5.74, 6) is 1.79. The second-order valence-electron chi connectivity index (χ2n) is 12.3. The van der Waals surface area contributed by atoms with Gasteiger partial charge in [-0.05, 0) is 96.3 Å². The standard InChI is InChI=1S/C26H40O6/c1-6-25(4,23(29)32-26(5)7-8-30-20(27)14-26)15-24(2,3)22(28)31-21-18-10-16-9-17(12-18)13-19(21)11-16/h16-19,21H,6-15H2,1-5H3. The SMILES string of the molecule is CCC(C)(CC(C)(C)C(=O)OC1C2CC3CC(C2)CC1C3)C(=O)OC1(C)CCOC(=O)C1. The molecule has 0 aromatic carbocycles. The normalized spacial score (nSPS) is 38.0. The molecule has 4 saturated carbocycles. The average molecular weight is 449 g/mol. The number of carbonyl (C=O) groups excluding carboxylic acids is 3. The fourth-order valence-corrected chi connectivity index (χ4v) is 7.00. The minimum atomic E-state index is -0.853. The van der Waals surface area contributed by atoms with Crippen LogP contribution >= 0.6 is 0 Å². The summed E-state index contributed by atoms with van der Waals surface area (Å²) in [6.45, 7) is 9.61. The number of cyclic esters (lactones) is 1. The molecule has 0 aromatic heterocycles. The third kappa shape index (κ3) is 4.56. The lowest BCUT2D eigenvalue weighted by Crippen LogP contribution is -2.51. The van der Waals surface area contributed by atoms with E-state index in [-0.39, 0.29) is 37.0 Å². The van der Waals surface area contributed by atoms with Crippen molar-refractivity contribution in [1.29, 1.82) is 0 Å². The van der Waals surface area contributed by atoms with Crippen LogP contribution in [0.15, 0.2) is 0 Å². The van der Waals surface area contributed by atoms with Crippen LogP contribution in [-0.2, 0) is 28.6 Å². The summed E-state index contributed by atoms with van der Waals surface area (Å²) in [5, 5.41) is 0. The molecule has 2 atom stereocenters. The van der Waals surface area contributed by atoms with Crippen molar-refractivity contribution in [3.05, 3.63) is 0 Å². The topological polar surface area (TPSA) is 78.9 Å². The number of carbonyl (C=O) groups is 3. The van der Waals surface area contributed by atoms with E-state index in [0.29, 0.717) is 31.1 Å². The number of rotatable bonds is 7. The van der Waals surface area contributed by atoms with E-state index in [0.717, 1.165) is 11.8 Å². The van der Waals surface area contributed by atoms with Crippen LogP contribution in [-0.4, -0.2) is 36.2 Å². The number of esters is 3. The van der Waals surface area contributed by atoms with Gasteiger partial charge in [0.2, 0.25) is 0 Å². The predicted octanol–water partition coefficient (Wildman–Crippen LogP) is 4.83. The molecule has 0 radical (unpaired) electrons. The molecule has 0 amide bonds. The van der Waals surface area contributed by atoms with E-state index in [1.54, 1.807) is 6.92 Å². The van der Waals surface area contributed by atoms with Gasteiger partial charge < -0.3 is 14.2 Å². The van der Waals surface area contributed by atoms with Gasteiger partial charge in [0.15, 0.2) is 0 Å². The van der Waals surface area contributed by atoms with Crippen LogP contribution in [0.3, 0.4) is 0 Å². The highest BCUT2D eigenvalue weighted by molar-refractivity contribution is 5.81. The van der Waals surface area contributed by atoms with Gasteiger partial charge >= 0.3 is 17.9 Å². The van der Waals surface area contributed by atoms with E-state index < -0.39 is 16.4 Å². The lowest BCUT2D eigenvalue weighted by atomic mass is 9.55. The molecule has 180 valence electrons. The number of hydrogen-bond acceptors (Lipinski definition) is 6. The Balaban J connectivity index is 1.40. The van der Waals surface area contributed by atoms with Crippen LogP contribution in [0.25, 0.3) is 0 Å². The van der Waals surface area contributed by atoms with Crippen molar-refractivity contribution < 1.29 is 28.6 Å². The van der Waals surface area contributed by atoms with Crippen molar-refractivity contribution in [3.8, 4) is 0 Å². The highest BCUT2D eigenvalue weighted by atomic mass is 16.6. The predicted molar refractivity (Wildman–Crippen MR) is 118 cm³/mol. The van der Waals surface area contributed by atoms with Gasteiger partial charge in [-0.2, -0.15) is 0 Å². The number of ether oxygens (including phenoxy) is 3. The fourth-order valence-electron chi connectivity index (χ4n) is 7.00. The average Bonchev–Trinajstić information content (AvgIpc) is 2.69. The molecular weight excluding hydrogens is 408 g/mol. The first-order chi connectivity index (χ1) is 14.9. The second-order valence-corrected chi connectivity index (χ2v) is 12.3. The quantitative estimate of drug-likeness (QED) is 0.410. The zero-order valence-electron chi connectivity index (χ0n) is 20.4. The largest absolute Gasteiger partial charge is 0.465 e. The Bertz CT molecular complexity index is 744. The van der Waals surface area contributed by atoms with Crippen molar-refractivity contribution >= 4 is 17.9 Å². The molecule has 2 unspecified atom stereocenters. The van der Waals surface area contributed by atoms with E-state index in [1.807, 2.05) is 27.7 Å². The molecular formula is C26H40O6. The molecule has 1 saturated heterocycles. The summed E-state index contributed by atoms with van der Waals surface area (Å²) < 4.78 is 17.1. The molecule has 32 heavy (non-hydrogen) atoms. The molecule has 5 rings (SSSR count). The van der Waals surface area contributed by atoms with Crippen molar-refractivity contribution in [2.75, 3.05) is 6.61 Å². The number of hydrogen-bond donors (Lipinski definition) is 0. The summed E-state index contributed by atoms with van der Waals surface area (Å²) in [6.07, 6.45) is 7.66. The van der Waals surface area contributed by atoms with Crippen LogP contribution in [0.2, 0.25) is 0 Å².